The van der Waals surface area contributed by atoms with Gasteiger partial charge >= 0.3 is 0 Å². The number of aliphatic hydroxyl groups is 4. The van der Waals surface area contributed by atoms with Gasteiger partial charge in [-0.2, -0.15) is 0 Å². The first kappa shape index (κ1) is 17.8. The summed E-state index contributed by atoms with van der Waals surface area (Å²) in [4.78, 5) is 0. The van der Waals surface area contributed by atoms with Gasteiger partial charge in [0.25, 0.3) is 0 Å². The quantitative estimate of drug-likeness (QED) is 0.505. The molecule has 18 heavy (non-hydrogen) atoms. The van der Waals surface area contributed by atoms with Crippen molar-refractivity contribution in [2.45, 2.75) is 65.6 Å². The van der Waals surface area contributed by atoms with Crippen molar-refractivity contribution >= 4 is 0 Å². The predicted octanol–water partition coefficient (Wildman–Crippen LogP) is 1.31. The molecule has 0 rings (SSSR count). The largest absolute Gasteiger partial charge is 0.396 e. The molecule has 0 bridgehead atoms. The molecule has 0 radical (unpaired) electrons. The van der Waals surface area contributed by atoms with Crippen LogP contribution >= 0.6 is 0 Å². The van der Waals surface area contributed by atoms with E-state index in [0.717, 1.165) is 6.42 Å². The molecular weight excluding hydrogens is 232 g/mol. The molecule has 0 aromatic carbocycles. The van der Waals surface area contributed by atoms with Gasteiger partial charge in [0.05, 0.1) is 25.4 Å². The van der Waals surface area contributed by atoms with Crippen molar-refractivity contribution < 1.29 is 20.4 Å². The Bertz CT molecular complexity index is 220. The minimum Gasteiger partial charge on any atom is -0.396 e. The fraction of sp³-hybridized carbons (Fsp3) is 1.00. The highest BCUT2D eigenvalue weighted by Crippen LogP contribution is 2.38. The highest BCUT2D eigenvalue weighted by Gasteiger charge is 2.45. The summed E-state index contributed by atoms with van der Waals surface area (Å²) >= 11 is 0. The van der Waals surface area contributed by atoms with Gasteiger partial charge in [-0.15, -0.1) is 0 Å². The molecule has 3 unspecified atom stereocenters. The maximum absolute atomic E-state index is 10.4. The molecule has 4 N–H and O–H groups in total. The van der Waals surface area contributed by atoms with Crippen LogP contribution in [-0.2, 0) is 0 Å². The number of hydrogen-bond acceptors (Lipinski definition) is 4. The Kier molecular flexibility index (Phi) is 7.37. The Morgan fingerprint density at radius 1 is 0.889 bits per heavy atom. The van der Waals surface area contributed by atoms with Crippen molar-refractivity contribution in [3.8, 4) is 0 Å². The van der Waals surface area contributed by atoms with Crippen LogP contribution in [-0.4, -0.2) is 45.8 Å². The van der Waals surface area contributed by atoms with Crippen molar-refractivity contribution in [1.82, 2.24) is 0 Å². The Morgan fingerprint density at radius 3 is 1.67 bits per heavy atom. The van der Waals surface area contributed by atoms with E-state index in [1.165, 1.54) is 0 Å². The lowest BCUT2D eigenvalue weighted by atomic mass is 9.68. The van der Waals surface area contributed by atoms with E-state index in [1.54, 1.807) is 6.92 Å². The van der Waals surface area contributed by atoms with E-state index in [4.69, 9.17) is 0 Å². The summed E-state index contributed by atoms with van der Waals surface area (Å²) in [5, 5.41) is 39.8. The molecule has 0 aliphatic rings. The van der Waals surface area contributed by atoms with Crippen LogP contribution < -0.4 is 0 Å². The van der Waals surface area contributed by atoms with Crippen molar-refractivity contribution in [3.63, 3.8) is 0 Å². The monoisotopic (exact) mass is 262 g/mol. The zero-order chi connectivity index (χ0) is 14.4. The predicted molar refractivity (Wildman–Crippen MR) is 72.2 cm³/mol. The van der Waals surface area contributed by atoms with Crippen LogP contribution in [0, 0.1) is 10.8 Å². The first-order valence-corrected chi connectivity index (χ1v) is 6.95. The molecule has 0 amide bonds. The van der Waals surface area contributed by atoms with Gasteiger partial charge in [-0.3, -0.25) is 0 Å². The second-order valence-electron chi connectivity index (χ2n) is 5.68. The van der Waals surface area contributed by atoms with Crippen LogP contribution in [0.25, 0.3) is 0 Å². The normalized spacial score (nSPS) is 19.3. The molecule has 0 aromatic heterocycles. The number of rotatable bonds is 9. The standard InChI is InChI=1S/C14H30O4/c1-5-8-13(4,9-15)11(17)12(18)14(6-2,7-3)10-16/h11-12,15-18H,5-10H2,1-4H3. The Balaban J connectivity index is 5.10. The first-order chi connectivity index (χ1) is 8.37. The van der Waals surface area contributed by atoms with Crippen LogP contribution in [0.5, 0.6) is 0 Å². The molecular formula is C14H30O4. The third-order valence-electron chi connectivity index (χ3n) is 4.55. The fourth-order valence-electron chi connectivity index (χ4n) is 2.59. The van der Waals surface area contributed by atoms with E-state index in [0.29, 0.717) is 19.3 Å². The second-order valence-corrected chi connectivity index (χ2v) is 5.68. The van der Waals surface area contributed by atoms with Crippen molar-refractivity contribution in [1.29, 1.82) is 0 Å². The first-order valence-electron chi connectivity index (χ1n) is 6.95. The summed E-state index contributed by atoms with van der Waals surface area (Å²) in [5.74, 6) is 0. The van der Waals surface area contributed by atoms with Crippen LogP contribution in [0.4, 0.5) is 0 Å². The van der Waals surface area contributed by atoms with E-state index < -0.39 is 23.0 Å². The molecule has 0 heterocycles. The Morgan fingerprint density at radius 2 is 1.39 bits per heavy atom. The van der Waals surface area contributed by atoms with Gasteiger partial charge < -0.3 is 20.4 Å². The average molecular weight is 262 g/mol. The summed E-state index contributed by atoms with van der Waals surface area (Å²) in [6.45, 7) is 7.21. The van der Waals surface area contributed by atoms with Crippen LogP contribution in [0.3, 0.4) is 0 Å². The van der Waals surface area contributed by atoms with Crippen LogP contribution in [0.15, 0.2) is 0 Å². The van der Waals surface area contributed by atoms with Gasteiger partial charge in [0.2, 0.25) is 0 Å². The van der Waals surface area contributed by atoms with Gasteiger partial charge in [0.1, 0.15) is 0 Å². The lowest BCUT2D eigenvalue weighted by Crippen LogP contribution is -2.52. The van der Waals surface area contributed by atoms with Gasteiger partial charge in [0.15, 0.2) is 0 Å². The van der Waals surface area contributed by atoms with Gasteiger partial charge in [-0.25, -0.2) is 0 Å². The summed E-state index contributed by atoms with van der Waals surface area (Å²) in [7, 11) is 0. The molecule has 110 valence electrons. The average Bonchev–Trinajstić information content (AvgIpc) is 2.40. The highest BCUT2D eigenvalue weighted by molar-refractivity contribution is 4.95. The summed E-state index contributed by atoms with van der Waals surface area (Å²) < 4.78 is 0. The molecule has 0 aromatic rings. The third kappa shape index (κ3) is 3.44. The van der Waals surface area contributed by atoms with E-state index in [1.807, 2.05) is 20.8 Å². The van der Waals surface area contributed by atoms with Crippen LogP contribution in [0.2, 0.25) is 0 Å². The second kappa shape index (κ2) is 7.43. The SMILES string of the molecule is CCCC(C)(CO)C(O)C(O)C(CC)(CC)CO. The summed E-state index contributed by atoms with van der Waals surface area (Å²) in [5.41, 5.74) is -1.41. The molecule has 0 aliphatic heterocycles. The van der Waals surface area contributed by atoms with Crippen LogP contribution in [0.1, 0.15) is 53.4 Å². The molecule has 0 fully saturated rings. The van der Waals surface area contributed by atoms with Crippen molar-refractivity contribution in [3.05, 3.63) is 0 Å². The molecule has 0 spiro atoms. The minimum atomic E-state index is -1.03. The van der Waals surface area contributed by atoms with E-state index >= 15 is 0 Å². The summed E-state index contributed by atoms with van der Waals surface area (Å²) in [6, 6.07) is 0. The van der Waals surface area contributed by atoms with Crippen molar-refractivity contribution in [2.24, 2.45) is 10.8 Å². The minimum absolute atomic E-state index is 0.161. The highest BCUT2D eigenvalue weighted by atomic mass is 16.3. The van der Waals surface area contributed by atoms with E-state index in [-0.39, 0.29) is 13.2 Å². The number of hydrogen-bond donors (Lipinski definition) is 4. The van der Waals surface area contributed by atoms with Gasteiger partial charge in [-0.1, -0.05) is 34.1 Å². The third-order valence-corrected chi connectivity index (χ3v) is 4.55. The van der Waals surface area contributed by atoms with E-state index in [9.17, 15) is 20.4 Å². The van der Waals surface area contributed by atoms with Gasteiger partial charge in [-0.05, 0) is 19.3 Å². The topological polar surface area (TPSA) is 80.9 Å². The molecule has 0 aliphatic carbocycles. The lowest BCUT2D eigenvalue weighted by molar-refractivity contribution is -0.144. The zero-order valence-electron chi connectivity index (χ0n) is 12.2. The molecule has 0 saturated heterocycles. The van der Waals surface area contributed by atoms with E-state index in [2.05, 4.69) is 0 Å². The Hall–Kier alpha value is -0.160. The maximum Gasteiger partial charge on any atom is 0.0883 e. The number of aliphatic hydroxyl groups excluding tert-OH is 4. The zero-order valence-corrected chi connectivity index (χ0v) is 12.2. The molecule has 3 atom stereocenters. The van der Waals surface area contributed by atoms with Gasteiger partial charge in [0, 0.05) is 10.8 Å². The molecule has 0 saturated carbocycles. The fourth-order valence-corrected chi connectivity index (χ4v) is 2.59. The molecule has 4 heteroatoms. The van der Waals surface area contributed by atoms with Crippen molar-refractivity contribution in [2.75, 3.05) is 13.2 Å². The maximum atomic E-state index is 10.4. The smallest absolute Gasteiger partial charge is 0.0883 e. The summed E-state index contributed by atoms with van der Waals surface area (Å²) in [6.07, 6.45) is 0.579. The lowest BCUT2D eigenvalue weighted by Gasteiger charge is -2.43. The molecule has 4 nitrogen and oxygen atoms in total. The Labute approximate surface area is 111 Å².